The number of carbonyl (C=O) groups excluding carboxylic acids is 2. The number of methoxy groups -OCH3 is 2. The number of para-hydroxylation sites is 1. The number of nitrogens with one attached hydrogen (secondary N) is 2. The number of ether oxygens (including phenoxy) is 4. The van der Waals surface area contributed by atoms with E-state index in [4.69, 9.17) is 18.9 Å². The van der Waals surface area contributed by atoms with Gasteiger partial charge in [0.25, 0.3) is 0 Å². The van der Waals surface area contributed by atoms with E-state index >= 15 is 0 Å². The minimum absolute atomic E-state index is 0.271. The van der Waals surface area contributed by atoms with Gasteiger partial charge in [-0.05, 0) is 44.0 Å². The zero-order chi connectivity index (χ0) is 22.8. The van der Waals surface area contributed by atoms with E-state index in [-0.39, 0.29) is 18.9 Å². The van der Waals surface area contributed by atoms with Crippen molar-refractivity contribution < 1.29 is 28.5 Å². The Balaban J connectivity index is 2.21. The van der Waals surface area contributed by atoms with Crippen LogP contribution in [0.4, 0.5) is 11.4 Å². The number of hydrogen-bond acceptors (Lipinski definition) is 6. The summed E-state index contributed by atoms with van der Waals surface area (Å²) < 4.78 is 21.4. The third kappa shape index (κ3) is 6.97. The first-order chi connectivity index (χ1) is 14.9. The average molecular weight is 431 g/mol. The summed E-state index contributed by atoms with van der Waals surface area (Å²) in [6.45, 7) is 7.03. The van der Waals surface area contributed by atoms with Crippen LogP contribution in [0, 0.1) is 20.8 Å². The van der Waals surface area contributed by atoms with Gasteiger partial charge in [0.15, 0.2) is 0 Å². The lowest BCUT2D eigenvalue weighted by atomic mass is 10.1. The SMILES string of the molecule is COCCOc1cccc(OCCOC)c1NC(=O)C(=O)Nc1c(C)cc(C)cc1C. The quantitative estimate of drug-likeness (QED) is 0.444. The van der Waals surface area contributed by atoms with Gasteiger partial charge in [0, 0.05) is 19.9 Å². The molecule has 0 heterocycles. The van der Waals surface area contributed by atoms with E-state index in [1.807, 2.05) is 32.9 Å². The second-order valence-corrected chi connectivity index (χ2v) is 6.99. The predicted molar refractivity (Wildman–Crippen MR) is 119 cm³/mol. The van der Waals surface area contributed by atoms with Crippen molar-refractivity contribution in [1.82, 2.24) is 0 Å². The van der Waals surface area contributed by atoms with E-state index < -0.39 is 11.8 Å². The molecular formula is C23H30N2O6. The lowest BCUT2D eigenvalue weighted by Crippen LogP contribution is -2.30. The number of anilines is 2. The Kier molecular flexibility index (Phi) is 9.30. The predicted octanol–water partition coefficient (Wildman–Crippen LogP) is 3.24. The van der Waals surface area contributed by atoms with Crippen molar-refractivity contribution >= 4 is 23.2 Å². The second kappa shape index (κ2) is 11.9. The van der Waals surface area contributed by atoms with Crippen LogP contribution in [0.3, 0.4) is 0 Å². The van der Waals surface area contributed by atoms with Crippen molar-refractivity contribution in [2.45, 2.75) is 20.8 Å². The van der Waals surface area contributed by atoms with E-state index in [0.29, 0.717) is 30.4 Å². The molecule has 0 saturated carbocycles. The number of rotatable bonds is 10. The molecule has 0 atom stereocenters. The van der Waals surface area contributed by atoms with Crippen LogP contribution in [0.15, 0.2) is 30.3 Å². The Morgan fingerprint density at radius 3 is 1.65 bits per heavy atom. The number of carbonyl (C=O) groups is 2. The smallest absolute Gasteiger partial charge is 0.314 e. The van der Waals surface area contributed by atoms with Gasteiger partial charge in [-0.25, -0.2) is 0 Å². The minimum atomic E-state index is -0.834. The van der Waals surface area contributed by atoms with Crippen LogP contribution in [0.25, 0.3) is 0 Å². The Morgan fingerprint density at radius 2 is 1.19 bits per heavy atom. The van der Waals surface area contributed by atoms with Crippen LogP contribution in [0.1, 0.15) is 16.7 Å². The van der Waals surface area contributed by atoms with E-state index in [1.54, 1.807) is 32.4 Å². The summed E-state index contributed by atoms with van der Waals surface area (Å²) in [7, 11) is 3.13. The Morgan fingerprint density at radius 1 is 0.742 bits per heavy atom. The van der Waals surface area contributed by atoms with Crippen molar-refractivity contribution in [3.05, 3.63) is 47.0 Å². The normalized spacial score (nSPS) is 10.5. The van der Waals surface area contributed by atoms with Gasteiger partial charge in [-0.15, -0.1) is 0 Å². The van der Waals surface area contributed by atoms with Crippen molar-refractivity contribution in [3.8, 4) is 11.5 Å². The molecule has 0 radical (unpaired) electrons. The van der Waals surface area contributed by atoms with Gasteiger partial charge < -0.3 is 29.6 Å². The zero-order valence-electron chi connectivity index (χ0n) is 18.7. The maximum absolute atomic E-state index is 12.7. The Labute approximate surface area is 182 Å². The lowest BCUT2D eigenvalue weighted by Gasteiger charge is -2.17. The second-order valence-electron chi connectivity index (χ2n) is 6.99. The summed E-state index contributed by atoms with van der Waals surface area (Å²) >= 11 is 0. The van der Waals surface area contributed by atoms with Gasteiger partial charge in [0.1, 0.15) is 30.4 Å². The van der Waals surface area contributed by atoms with Crippen molar-refractivity contribution in [1.29, 1.82) is 0 Å². The standard InChI is InChI=1S/C23H30N2O6/c1-15-13-16(2)20(17(3)14-15)24-22(26)23(27)25-21-18(30-11-9-28-4)7-6-8-19(21)31-12-10-29-5/h6-8,13-14H,9-12H2,1-5H3,(H,24,26)(H,25,27). The fourth-order valence-corrected chi connectivity index (χ4v) is 3.06. The summed E-state index contributed by atoms with van der Waals surface area (Å²) in [6, 6.07) is 8.99. The molecule has 8 nitrogen and oxygen atoms in total. The van der Waals surface area contributed by atoms with Crippen molar-refractivity contribution in [3.63, 3.8) is 0 Å². The van der Waals surface area contributed by atoms with Crippen LogP contribution in [-0.4, -0.2) is 52.5 Å². The molecule has 0 aliphatic heterocycles. The fourth-order valence-electron chi connectivity index (χ4n) is 3.06. The summed E-state index contributed by atoms with van der Waals surface area (Å²) in [4.78, 5) is 25.3. The summed E-state index contributed by atoms with van der Waals surface area (Å²) in [5.41, 5.74) is 3.73. The molecule has 2 amide bonds. The monoisotopic (exact) mass is 430 g/mol. The molecule has 0 spiro atoms. The van der Waals surface area contributed by atoms with Crippen molar-refractivity contribution in [2.75, 3.05) is 51.3 Å². The van der Waals surface area contributed by atoms with Gasteiger partial charge in [-0.1, -0.05) is 23.8 Å². The van der Waals surface area contributed by atoms with E-state index in [9.17, 15) is 9.59 Å². The lowest BCUT2D eigenvalue weighted by molar-refractivity contribution is -0.133. The highest BCUT2D eigenvalue weighted by Gasteiger charge is 2.21. The molecule has 0 aromatic heterocycles. The van der Waals surface area contributed by atoms with Gasteiger partial charge in [0.05, 0.1) is 13.2 Å². The molecule has 8 heteroatoms. The first kappa shape index (κ1) is 24.2. The van der Waals surface area contributed by atoms with Crippen molar-refractivity contribution in [2.24, 2.45) is 0 Å². The highest BCUT2D eigenvalue weighted by Crippen LogP contribution is 2.35. The highest BCUT2D eigenvalue weighted by molar-refractivity contribution is 6.44. The first-order valence-electron chi connectivity index (χ1n) is 9.94. The topological polar surface area (TPSA) is 95.1 Å². The largest absolute Gasteiger partial charge is 0.489 e. The molecule has 0 aliphatic rings. The Bertz CT molecular complexity index is 862. The van der Waals surface area contributed by atoms with E-state index in [2.05, 4.69) is 10.6 Å². The van der Waals surface area contributed by atoms with Gasteiger partial charge in [-0.3, -0.25) is 9.59 Å². The minimum Gasteiger partial charge on any atom is -0.489 e. The molecule has 2 rings (SSSR count). The maximum atomic E-state index is 12.7. The fraction of sp³-hybridized carbons (Fsp3) is 0.391. The average Bonchev–Trinajstić information content (AvgIpc) is 2.72. The summed E-state index contributed by atoms with van der Waals surface area (Å²) in [6.07, 6.45) is 0. The molecule has 2 N–H and O–H groups in total. The number of amides is 2. The number of aryl methyl sites for hydroxylation is 3. The third-order valence-electron chi connectivity index (χ3n) is 4.44. The van der Waals surface area contributed by atoms with Gasteiger partial charge >= 0.3 is 11.8 Å². The molecule has 0 fully saturated rings. The van der Waals surface area contributed by atoms with E-state index in [1.165, 1.54) is 0 Å². The summed E-state index contributed by atoms with van der Waals surface area (Å²) in [5, 5.41) is 5.32. The molecular weight excluding hydrogens is 400 g/mol. The van der Waals surface area contributed by atoms with Crippen LogP contribution in [-0.2, 0) is 19.1 Å². The molecule has 2 aromatic rings. The molecule has 0 unspecified atom stereocenters. The number of benzene rings is 2. The zero-order valence-corrected chi connectivity index (χ0v) is 18.7. The van der Waals surface area contributed by atoms with Crippen LogP contribution in [0.2, 0.25) is 0 Å². The molecule has 2 aromatic carbocycles. The molecule has 0 bridgehead atoms. The van der Waals surface area contributed by atoms with Crippen LogP contribution >= 0.6 is 0 Å². The van der Waals surface area contributed by atoms with E-state index in [0.717, 1.165) is 16.7 Å². The Hall–Kier alpha value is -3.10. The molecule has 0 aliphatic carbocycles. The first-order valence-corrected chi connectivity index (χ1v) is 9.94. The third-order valence-corrected chi connectivity index (χ3v) is 4.44. The molecule has 0 saturated heterocycles. The summed E-state index contributed by atoms with van der Waals surface area (Å²) in [5.74, 6) is -0.880. The number of hydrogen-bond donors (Lipinski definition) is 2. The highest BCUT2D eigenvalue weighted by atomic mass is 16.5. The van der Waals surface area contributed by atoms with Gasteiger partial charge in [0.2, 0.25) is 0 Å². The molecule has 168 valence electrons. The van der Waals surface area contributed by atoms with Gasteiger partial charge in [-0.2, -0.15) is 0 Å². The van der Waals surface area contributed by atoms with Crippen LogP contribution < -0.4 is 20.1 Å². The van der Waals surface area contributed by atoms with Crippen LogP contribution in [0.5, 0.6) is 11.5 Å². The molecule has 31 heavy (non-hydrogen) atoms. The maximum Gasteiger partial charge on any atom is 0.314 e.